The lowest BCUT2D eigenvalue weighted by Gasteiger charge is -2.14. The van der Waals surface area contributed by atoms with Crippen LogP contribution in [0, 0.1) is 0 Å². The van der Waals surface area contributed by atoms with Gasteiger partial charge in [-0.1, -0.05) is 24.4 Å². The van der Waals surface area contributed by atoms with Gasteiger partial charge in [0.05, 0.1) is 4.99 Å². The molecule has 5 heteroatoms. The highest BCUT2D eigenvalue weighted by atomic mass is 32.1. The lowest BCUT2D eigenvalue weighted by Crippen LogP contribution is -2.38. The minimum absolute atomic E-state index is 0.289. The van der Waals surface area contributed by atoms with Crippen LogP contribution in [0.2, 0.25) is 0 Å². The molecule has 0 aromatic rings. The van der Waals surface area contributed by atoms with E-state index < -0.39 is 0 Å². The average molecular weight is 208 g/mol. The lowest BCUT2D eigenvalue weighted by atomic mass is 10.3. The highest BCUT2D eigenvalue weighted by Crippen LogP contribution is 1.83. The van der Waals surface area contributed by atoms with Crippen molar-refractivity contribution in [1.82, 2.24) is 10.6 Å². The molecule has 0 aliphatic rings. The Morgan fingerprint density at radius 2 is 2.09 bits per heavy atom. The van der Waals surface area contributed by atoms with Gasteiger partial charge in [-0.3, -0.25) is 0 Å². The molecule has 0 amide bonds. The van der Waals surface area contributed by atoms with Crippen LogP contribution in [-0.2, 0) is 0 Å². The number of hydrogen-bond acceptors (Lipinski definition) is 2. The summed E-state index contributed by atoms with van der Waals surface area (Å²) in [5.74, 6) is 0. The van der Waals surface area contributed by atoms with Crippen LogP contribution in [0.1, 0.15) is 13.8 Å². The first-order valence-electron chi connectivity index (χ1n) is 3.26. The van der Waals surface area contributed by atoms with E-state index in [2.05, 4.69) is 23.3 Å². The molecule has 64 valence electrons. The van der Waals surface area contributed by atoms with E-state index in [-0.39, 0.29) is 6.04 Å². The minimum Gasteiger partial charge on any atom is -0.376 e. The zero-order chi connectivity index (χ0) is 8.85. The molecule has 11 heavy (non-hydrogen) atoms. The van der Waals surface area contributed by atoms with Gasteiger partial charge < -0.3 is 10.6 Å². The van der Waals surface area contributed by atoms with Gasteiger partial charge in [0.2, 0.25) is 0 Å². The third-order valence-electron chi connectivity index (χ3n) is 1.01. The van der Waals surface area contributed by atoms with Crippen molar-refractivity contribution >= 4 is 46.4 Å². The number of hydrogen-bond donors (Lipinski definition) is 3. The molecular formula is C6H12N2S3. The van der Waals surface area contributed by atoms with Crippen molar-refractivity contribution < 1.29 is 0 Å². The summed E-state index contributed by atoms with van der Waals surface area (Å²) in [6.07, 6.45) is 0. The van der Waals surface area contributed by atoms with E-state index in [1.54, 1.807) is 0 Å². The van der Waals surface area contributed by atoms with Gasteiger partial charge in [-0.05, 0) is 13.8 Å². The Kier molecular flexibility index (Phi) is 5.81. The number of nitrogens with one attached hydrogen (secondary N) is 2. The summed E-state index contributed by atoms with van der Waals surface area (Å²) in [4.78, 5) is 0.796. The number of rotatable bonds is 3. The van der Waals surface area contributed by atoms with Crippen molar-refractivity contribution in [2.24, 2.45) is 0 Å². The summed E-state index contributed by atoms with van der Waals surface area (Å²) >= 11 is 13.5. The predicted octanol–water partition coefficient (Wildman–Crippen LogP) is 1.12. The summed E-state index contributed by atoms with van der Waals surface area (Å²) in [7, 11) is 0. The van der Waals surface area contributed by atoms with Crippen LogP contribution < -0.4 is 10.6 Å². The van der Waals surface area contributed by atoms with Gasteiger partial charge in [0.1, 0.15) is 4.32 Å². The summed E-state index contributed by atoms with van der Waals surface area (Å²) in [6, 6.07) is 0.289. The fraction of sp³-hybridized carbons (Fsp3) is 0.667. The minimum atomic E-state index is 0.289. The molecule has 1 unspecified atom stereocenters. The lowest BCUT2D eigenvalue weighted by molar-refractivity contribution is 0.647. The molecule has 1 atom stereocenters. The smallest absolute Gasteiger partial charge is 0.130 e. The molecule has 0 spiro atoms. The topological polar surface area (TPSA) is 24.1 Å². The standard InChI is InChI=1S/C6H12N2S3/c1-4(8-5(2)9)3-7-6(10)11/h4H,3H2,1-2H3,(H,8,9)(H2,7,10,11). The third-order valence-corrected chi connectivity index (χ3v) is 1.43. The van der Waals surface area contributed by atoms with Crippen LogP contribution in [-0.4, -0.2) is 21.9 Å². The SMILES string of the molecule is CC(=S)NC(C)CNC(=S)S. The van der Waals surface area contributed by atoms with Gasteiger partial charge >= 0.3 is 0 Å². The van der Waals surface area contributed by atoms with Gasteiger partial charge in [0, 0.05) is 12.6 Å². The summed E-state index contributed by atoms with van der Waals surface area (Å²) < 4.78 is 0.515. The maximum absolute atomic E-state index is 4.86. The second-order valence-electron chi connectivity index (χ2n) is 2.29. The first kappa shape index (κ1) is 11.1. The molecule has 0 saturated carbocycles. The molecule has 2 N–H and O–H groups in total. The van der Waals surface area contributed by atoms with Gasteiger partial charge in [-0.25, -0.2) is 0 Å². The molecule has 0 heterocycles. The molecule has 0 aromatic heterocycles. The first-order valence-corrected chi connectivity index (χ1v) is 4.52. The van der Waals surface area contributed by atoms with E-state index in [0.29, 0.717) is 4.32 Å². The Morgan fingerprint density at radius 1 is 1.55 bits per heavy atom. The van der Waals surface area contributed by atoms with Crippen molar-refractivity contribution in [2.75, 3.05) is 6.54 Å². The molecule has 0 rings (SSSR count). The predicted molar refractivity (Wildman–Crippen MR) is 60.5 cm³/mol. The van der Waals surface area contributed by atoms with Crippen molar-refractivity contribution in [2.45, 2.75) is 19.9 Å². The van der Waals surface area contributed by atoms with Crippen LogP contribution in [0.5, 0.6) is 0 Å². The summed E-state index contributed by atoms with van der Waals surface area (Å²) in [5.41, 5.74) is 0. The molecule has 0 fully saturated rings. The van der Waals surface area contributed by atoms with Gasteiger partial charge in [-0.2, -0.15) is 0 Å². The molecular weight excluding hydrogens is 196 g/mol. The maximum atomic E-state index is 4.86. The van der Waals surface area contributed by atoms with Gasteiger partial charge in [0.15, 0.2) is 0 Å². The Morgan fingerprint density at radius 3 is 2.45 bits per heavy atom. The third kappa shape index (κ3) is 8.03. The van der Waals surface area contributed by atoms with Crippen LogP contribution >= 0.6 is 37.1 Å². The Hall–Kier alpha value is 0.130. The number of thiocarbonyl (C=S) groups is 2. The van der Waals surface area contributed by atoms with Crippen molar-refractivity contribution in [3.05, 3.63) is 0 Å². The zero-order valence-electron chi connectivity index (χ0n) is 6.55. The van der Waals surface area contributed by atoms with Crippen molar-refractivity contribution in [3.63, 3.8) is 0 Å². The van der Waals surface area contributed by atoms with E-state index in [1.807, 2.05) is 13.8 Å². The average Bonchev–Trinajstić information content (AvgIpc) is 1.82. The fourth-order valence-electron chi connectivity index (χ4n) is 0.638. The van der Waals surface area contributed by atoms with Crippen molar-refractivity contribution in [3.8, 4) is 0 Å². The van der Waals surface area contributed by atoms with Gasteiger partial charge in [0.25, 0.3) is 0 Å². The van der Waals surface area contributed by atoms with E-state index in [9.17, 15) is 0 Å². The highest BCUT2D eigenvalue weighted by molar-refractivity contribution is 8.11. The van der Waals surface area contributed by atoms with Crippen LogP contribution in [0.3, 0.4) is 0 Å². The highest BCUT2D eigenvalue weighted by Gasteiger charge is 1.99. The van der Waals surface area contributed by atoms with Gasteiger partial charge in [-0.15, -0.1) is 12.6 Å². The van der Waals surface area contributed by atoms with Crippen LogP contribution in [0.4, 0.5) is 0 Å². The monoisotopic (exact) mass is 208 g/mol. The fourth-order valence-corrected chi connectivity index (χ4v) is 1.01. The Labute approximate surface area is 83.5 Å². The second kappa shape index (κ2) is 5.74. The largest absolute Gasteiger partial charge is 0.376 e. The molecule has 0 bridgehead atoms. The van der Waals surface area contributed by atoms with Crippen molar-refractivity contribution in [1.29, 1.82) is 0 Å². The molecule has 0 saturated heterocycles. The molecule has 0 aliphatic carbocycles. The quantitative estimate of drug-likeness (QED) is 0.478. The first-order chi connectivity index (χ1) is 5.02. The Bertz CT molecular complexity index is 158. The second-order valence-corrected chi connectivity index (χ2v) is 4.06. The van der Waals surface area contributed by atoms with E-state index in [4.69, 9.17) is 24.4 Å². The molecule has 2 nitrogen and oxygen atoms in total. The summed E-state index contributed by atoms with van der Waals surface area (Å²) in [5, 5.41) is 6.00. The zero-order valence-corrected chi connectivity index (χ0v) is 9.08. The molecule has 0 aromatic carbocycles. The van der Waals surface area contributed by atoms with Crippen LogP contribution in [0.25, 0.3) is 0 Å². The Balaban J connectivity index is 3.44. The normalized spacial score (nSPS) is 11.9. The van der Waals surface area contributed by atoms with E-state index in [1.165, 1.54) is 0 Å². The number of thiol groups is 1. The summed E-state index contributed by atoms with van der Waals surface area (Å²) in [6.45, 7) is 4.62. The maximum Gasteiger partial charge on any atom is 0.130 e. The van der Waals surface area contributed by atoms with E-state index in [0.717, 1.165) is 11.5 Å². The molecule has 0 radical (unpaired) electrons. The van der Waals surface area contributed by atoms with E-state index >= 15 is 0 Å². The van der Waals surface area contributed by atoms with Crippen LogP contribution in [0.15, 0.2) is 0 Å². The molecule has 0 aliphatic heterocycles.